The fourth-order valence-electron chi connectivity index (χ4n) is 4.41. The molecule has 0 aliphatic heterocycles. The van der Waals surface area contributed by atoms with Crippen molar-refractivity contribution >= 4 is 24.3 Å². The van der Waals surface area contributed by atoms with Gasteiger partial charge in [0.25, 0.3) is 0 Å². The molecule has 1 radical (unpaired) electrons. The number of nitrogens with zero attached hydrogens (tertiary/aromatic N) is 1. The number of carbonyl (C=O) groups excluding carboxylic acids is 1. The Kier molecular flexibility index (Phi) is 12.3. The summed E-state index contributed by atoms with van der Waals surface area (Å²) in [5, 5.41) is 11.7. The van der Waals surface area contributed by atoms with Crippen LogP contribution in [0.15, 0.2) is 54.4 Å². The normalized spacial score (nSPS) is 11.6. The molecule has 0 fully saturated rings. The summed E-state index contributed by atoms with van der Waals surface area (Å²) in [5.41, 5.74) is 5.87. The maximum Gasteiger partial charge on any atom is 0.137 e. The van der Waals surface area contributed by atoms with Crippen LogP contribution in [0.25, 0.3) is 22.0 Å². The van der Waals surface area contributed by atoms with Crippen LogP contribution in [0.2, 0.25) is 18.1 Å². The average Bonchev–Trinajstić information content (AvgIpc) is 2.79. The minimum Gasteiger partial charge on any atom is -0.513 e. The van der Waals surface area contributed by atoms with Gasteiger partial charge in [-0.2, -0.15) is 0 Å². The van der Waals surface area contributed by atoms with E-state index in [2.05, 4.69) is 95.9 Å². The van der Waals surface area contributed by atoms with Crippen LogP contribution in [0, 0.1) is 19.9 Å². The number of aryl methyl sites for hydroxylation is 2. The first kappa shape index (κ1) is 31.0. The van der Waals surface area contributed by atoms with E-state index in [1.807, 2.05) is 6.20 Å². The molecule has 0 unspecified atom stereocenters. The Bertz CT molecular complexity index is 1130. The Hall–Kier alpha value is -2.07. The zero-order valence-corrected chi connectivity index (χ0v) is 25.8. The van der Waals surface area contributed by atoms with Crippen LogP contribution < -0.4 is 0 Å². The van der Waals surface area contributed by atoms with Gasteiger partial charge < -0.3 is 14.9 Å². The maximum atomic E-state index is 11.8. The first-order valence-corrected chi connectivity index (χ1v) is 15.0. The number of hydrogen-bond donors (Lipinski definition) is 1. The topological polar surface area (TPSA) is 50.2 Å². The van der Waals surface area contributed by atoms with Crippen molar-refractivity contribution in [3.8, 4) is 11.3 Å². The van der Waals surface area contributed by atoms with E-state index in [4.69, 9.17) is 5.11 Å². The van der Waals surface area contributed by atoms with Crippen molar-refractivity contribution in [3.63, 3.8) is 0 Å². The summed E-state index contributed by atoms with van der Waals surface area (Å²) in [5.74, 6) is 0.677. The van der Waals surface area contributed by atoms with Crippen molar-refractivity contribution in [3.05, 3.63) is 77.2 Å². The summed E-state index contributed by atoms with van der Waals surface area (Å²) < 4.78 is 0. The zero-order chi connectivity index (χ0) is 25.5. The molecular formula is C30H40IrNO2Si-. The van der Waals surface area contributed by atoms with Gasteiger partial charge in [-0.05, 0) is 40.9 Å². The fraction of sp³-hybridized carbons (Fsp3) is 0.400. The van der Waals surface area contributed by atoms with Crippen LogP contribution in [-0.2, 0) is 24.9 Å². The third-order valence-corrected chi connectivity index (χ3v) is 12.0. The SMILES string of the molecule is CC[Si](CC)(CC)C(=O)/C=C(/C)O.Cc1[c-]c(-c2nccc3cc(C(C)C)ccc23)cc(C)c1.[Ir]. The number of rotatable bonds is 7. The van der Waals surface area contributed by atoms with Crippen LogP contribution in [-0.4, -0.2) is 23.6 Å². The number of benzene rings is 2. The predicted octanol–water partition coefficient (Wildman–Crippen LogP) is 8.50. The molecule has 2 aromatic carbocycles. The molecule has 3 rings (SSSR count). The molecule has 3 nitrogen and oxygen atoms in total. The van der Waals surface area contributed by atoms with Gasteiger partial charge in [0.15, 0.2) is 0 Å². The van der Waals surface area contributed by atoms with Crippen molar-refractivity contribution in [2.75, 3.05) is 0 Å². The minimum absolute atomic E-state index is 0. The number of aromatic nitrogens is 1. The summed E-state index contributed by atoms with van der Waals surface area (Å²) in [6.07, 6.45) is 3.30. The quantitative estimate of drug-likeness (QED) is 0.119. The standard InChI is InChI=1S/C20H20N.C10H20O2Si.Ir/c1-13(2)16-5-6-19-17(12-16)7-8-21-20(19)18-10-14(3)9-15(4)11-18;1-5-13(6-2,7-3)10(12)8-9(4)11;/h5-10,12-13H,1-4H3;8,11H,5-7H2,1-4H3;/q-1;;/b;9-8-;. The van der Waals surface area contributed by atoms with Gasteiger partial charge in [-0.1, -0.05) is 84.8 Å². The van der Waals surface area contributed by atoms with Crippen molar-refractivity contribution in [1.82, 2.24) is 4.98 Å². The van der Waals surface area contributed by atoms with Gasteiger partial charge in [0.1, 0.15) is 13.5 Å². The van der Waals surface area contributed by atoms with Crippen LogP contribution >= 0.6 is 0 Å². The summed E-state index contributed by atoms with van der Waals surface area (Å²) in [6, 6.07) is 19.4. The van der Waals surface area contributed by atoms with E-state index < -0.39 is 8.07 Å². The third kappa shape index (κ3) is 7.96. The van der Waals surface area contributed by atoms with E-state index in [0.29, 0.717) is 5.92 Å². The molecule has 1 N–H and O–H groups in total. The van der Waals surface area contributed by atoms with Crippen molar-refractivity contribution < 1.29 is 30.0 Å². The van der Waals surface area contributed by atoms with Crippen LogP contribution in [0.5, 0.6) is 0 Å². The maximum absolute atomic E-state index is 11.8. The molecule has 191 valence electrons. The first-order valence-electron chi connectivity index (χ1n) is 12.4. The number of fused-ring (bicyclic) bond motifs is 1. The van der Waals surface area contributed by atoms with Gasteiger partial charge in [-0.15, -0.1) is 34.9 Å². The monoisotopic (exact) mass is 667 g/mol. The Morgan fingerprint density at radius 2 is 1.69 bits per heavy atom. The molecule has 0 saturated heterocycles. The smallest absolute Gasteiger partial charge is 0.137 e. The summed E-state index contributed by atoms with van der Waals surface area (Å²) in [4.78, 5) is 16.4. The number of carbonyl (C=O) groups is 1. The molecule has 0 bridgehead atoms. The molecule has 0 atom stereocenters. The molecule has 1 heterocycles. The molecular weight excluding hydrogens is 627 g/mol. The van der Waals surface area contributed by atoms with E-state index in [0.717, 1.165) is 35.0 Å². The average molecular weight is 667 g/mol. The number of aliphatic hydroxyl groups is 1. The molecule has 35 heavy (non-hydrogen) atoms. The molecule has 0 saturated carbocycles. The van der Waals surface area contributed by atoms with Gasteiger partial charge in [0, 0.05) is 32.4 Å². The van der Waals surface area contributed by atoms with Crippen molar-refractivity contribution in [2.24, 2.45) is 0 Å². The molecule has 5 heteroatoms. The molecule has 0 aliphatic carbocycles. The largest absolute Gasteiger partial charge is 0.513 e. The van der Waals surface area contributed by atoms with Crippen molar-refractivity contribution in [2.45, 2.75) is 79.4 Å². The summed E-state index contributed by atoms with van der Waals surface area (Å²) >= 11 is 0. The first-order chi connectivity index (χ1) is 16.1. The van der Waals surface area contributed by atoms with Crippen LogP contribution in [0.3, 0.4) is 0 Å². The minimum atomic E-state index is -1.76. The van der Waals surface area contributed by atoms with E-state index in [-0.39, 0.29) is 31.3 Å². The van der Waals surface area contributed by atoms with Gasteiger partial charge in [0.05, 0.1) is 5.76 Å². The number of hydrogen-bond acceptors (Lipinski definition) is 3. The number of aliphatic hydroxyl groups excluding tert-OH is 1. The van der Waals surface area contributed by atoms with E-state index in [1.54, 1.807) is 6.92 Å². The van der Waals surface area contributed by atoms with E-state index in [1.165, 1.54) is 28.0 Å². The fourth-order valence-corrected chi connectivity index (χ4v) is 7.47. The Balaban J connectivity index is 0.000000383. The molecule has 0 amide bonds. The van der Waals surface area contributed by atoms with Crippen molar-refractivity contribution in [1.29, 1.82) is 0 Å². The van der Waals surface area contributed by atoms with Crippen LogP contribution in [0.4, 0.5) is 0 Å². The molecule has 0 aliphatic rings. The second kappa shape index (κ2) is 13.9. The second-order valence-corrected chi connectivity index (χ2v) is 14.7. The molecule has 0 spiro atoms. The zero-order valence-electron chi connectivity index (χ0n) is 22.5. The summed E-state index contributed by atoms with van der Waals surface area (Å²) in [7, 11) is -1.76. The molecule has 1 aromatic heterocycles. The van der Waals surface area contributed by atoms with E-state index in [9.17, 15) is 4.79 Å². The predicted molar refractivity (Wildman–Crippen MR) is 148 cm³/mol. The van der Waals surface area contributed by atoms with Gasteiger partial charge in [-0.3, -0.25) is 0 Å². The summed E-state index contributed by atoms with van der Waals surface area (Å²) in [6.45, 7) is 16.4. The van der Waals surface area contributed by atoms with Gasteiger partial charge in [0.2, 0.25) is 0 Å². The van der Waals surface area contributed by atoms with Gasteiger partial charge >= 0.3 is 0 Å². The number of allylic oxidation sites excluding steroid dienone is 2. The Morgan fingerprint density at radius 1 is 1.06 bits per heavy atom. The Labute approximate surface area is 226 Å². The Morgan fingerprint density at radius 3 is 2.20 bits per heavy atom. The number of pyridine rings is 1. The van der Waals surface area contributed by atoms with E-state index >= 15 is 0 Å². The third-order valence-electron chi connectivity index (χ3n) is 6.75. The molecule has 3 aromatic rings. The van der Waals surface area contributed by atoms with Crippen LogP contribution in [0.1, 0.15) is 64.2 Å². The van der Waals surface area contributed by atoms with Gasteiger partial charge in [-0.25, -0.2) is 0 Å². The second-order valence-electron chi connectivity index (χ2n) is 9.54.